The van der Waals surface area contributed by atoms with Gasteiger partial charge in [-0.1, -0.05) is 43.6 Å². The number of urea groups is 1. The molecule has 4 amide bonds. The fourth-order valence-corrected chi connectivity index (χ4v) is 3.21. The zero-order valence-electron chi connectivity index (χ0n) is 16.2. The predicted molar refractivity (Wildman–Crippen MR) is 107 cm³/mol. The number of halogens is 1. The van der Waals surface area contributed by atoms with Gasteiger partial charge in [0.15, 0.2) is 0 Å². The Bertz CT molecular complexity index is 913. The maximum atomic E-state index is 12.5. The van der Waals surface area contributed by atoms with E-state index < -0.39 is 12.1 Å². The average molecular weight is 419 g/mol. The van der Waals surface area contributed by atoms with Gasteiger partial charge in [-0.15, -0.1) is 5.10 Å². The summed E-state index contributed by atoms with van der Waals surface area (Å²) < 4.78 is 0. The van der Waals surface area contributed by atoms with Gasteiger partial charge < -0.3 is 5.32 Å². The van der Waals surface area contributed by atoms with Crippen LogP contribution in [0.2, 0.25) is 5.02 Å². The molecule has 1 aromatic heterocycles. The van der Waals surface area contributed by atoms with E-state index in [1.807, 2.05) is 0 Å². The predicted octanol–water partition coefficient (Wildman–Crippen LogP) is 2.50. The number of hydrogen-bond donors (Lipinski definition) is 3. The summed E-state index contributed by atoms with van der Waals surface area (Å²) in [5.41, 5.74) is 0.679. The first-order chi connectivity index (χ1) is 13.8. The van der Waals surface area contributed by atoms with E-state index in [0.717, 1.165) is 11.3 Å². The van der Waals surface area contributed by atoms with Crippen LogP contribution in [0.15, 0.2) is 24.3 Å². The number of hydrogen-bond acceptors (Lipinski definition) is 5. The zero-order valence-corrected chi connectivity index (χ0v) is 17.0. The number of rotatable bonds is 8. The largest absolute Gasteiger partial charge is 0.326 e. The number of aromatic nitrogens is 3. The Hall–Kier alpha value is -2.94. The van der Waals surface area contributed by atoms with Gasteiger partial charge in [0.2, 0.25) is 11.9 Å². The summed E-state index contributed by atoms with van der Waals surface area (Å²) in [6.45, 7) is 4.20. The molecule has 1 atom stereocenters. The SMILES string of the molecule is CC(C)Cc1nc(NC(=O)CC[C@H]2NC(=O)N(Cc3ccccc3Cl)C2=O)n[nH]1. The summed E-state index contributed by atoms with van der Waals surface area (Å²) in [6, 6.07) is 5.78. The number of carbonyl (C=O) groups is 3. The second kappa shape index (κ2) is 9.04. The third-order valence-electron chi connectivity index (χ3n) is 4.44. The van der Waals surface area contributed by atoms with Crippen LogP contribution in [0, 0.1) is 5.92 Å². The molecule has 0 bridgehead atoms. The van der Waals surface area contributed by atoms with Gasteiger partial charge in [0.1, 0.15) is 11.9 Å². The Morgan fingerprint density at radius 2 is 2.07 bits per heavy atom. The maximum Gasteiger partial charge on any atom is 0.325 e. The fourth-order valence-electron chi connectivity index (χ4n) is 3.01. The molecule has 1 aliphatic rings. The molecule has 0 spiro atoms. The van der Waals surface area contributed by atoms with Crippen molar-refractivity contribution in [3.8, 4) is 0 Å². The number of H-pyrrole nitrogens is 1. The standard InChI is InChI=1S/C19H23ClN6O3/c1-11(2)9-15-22-18(25-24-15)23-16(27)8-7-14-17(28)26(19(29)21-14)10-12-5-3-4-6-13(12)20/h3-6,11,14H,7-10H2,1-2H3,(H,21,29)(H2,22,23,24,25,27)/t14-/m1/s1. The van der Waals surface area contributed by atoms with Crippen molar-refractivity contribution < 1.29 is 14.4 Å². The lowest BCUT2D eigenvalue weighted by Gasteiger charge is -2.14. The molecule has 1 saturated heterocycles. The van der Waals surface area contributed by atoms with Crippen molar-refractivity contribution in [3.05, 3.63) is 40.7 Å². The van der Waals surface area contributed by atoms with Crippen molar-refractivity contribution in [1.82, 2.24) is 25.4 Å². The number of amides is 4. The molecule has 10 heteroatoms. The van der Waals surface area contributed by atoms with Gasteiger partial charge in [0.25, 0.3) is 5.91 Å². The molecule has 1 aliphatic heterocycles. The van der Waals surface area contributed by atoms with Crippen molar-refractivity contribution in [2.75, 3.05) is 5.32 Å². The zero-order chi connectivity index (χ0) is 21.0. The second-order valence-corrected chi connectivity index (χ2v) is 7.72. The summed E-state index contributed by atoms with van der Waals surface area (Å²) in [5.74, 6) is 0.611. The van der Waals surface area contributed by atoms with Crippen LogP contribution in [0.5, 0.6) is 0 Å². The van der Waals surface area contributed by atoms with Gasteiger partial charge in [0, 0.05) is 17.9 Å². The molecule has 2 aromatic rings. The van der Waals surface area contributed by atoms with Crippen molar-refractivity contribution in [1.29, 1.82) is 0 Å². The lowest BCUT2D eigenvalue weighted by Crippen LogP contribution is -2.31. The summed E-state index contributed by atoms with van der Waals surface area (Å²) in [5, 5.41) is 12.4. The van der Waals surface area contributed by atoms with Crippen LogP contribution in [0.3, 0.4) is 0 Å². The van der Waals surface area contributed by atoms with Gasteiger partial charge in [-0.2, -0.15) is 4.98 Å². The van der Waals surface area contributed by atoms with E-state index in [2.05, 4.69) is 39.7 Å². The Balaban J connectivity index is 1.51. The molecule has 9 nitrogen and oxygen atoms in total. The second-order valence-electron chi connectivity index (χ2n) is 7.31. The van der Waals surface area contributed by atoms with Crippen LogP contribution >= 0.6 is 11.6 Å². The monoisotopic (exact) mass is 418 g/mol. The number of nitrogens with zero attached hydrogens (tertiary/aromatic N) is 3. The van der Waals surface area contributed by atoms with Crippen LogP contribution in [0.1, 0.15) is 38.1 Å². The topological polar surface area (TPSA) is 120 Å². The van der Waals surface area contributed by atoms with E-state index in [1.165, 1.54) is 0 Å². The highest BCUT2D eigenvalue weighted by atomic mass is 35.5. The summed E-state index contributed by atoms with van der Waals surface area (Å²) in [6.07, 6.45) is 0.954. The maximum absolute atomic E-state index is 12.5. The number of imide groups is 1. The van der Waals surface area contributed by atoms with E-state index in [4.69, 9.17) is 11.6 Å². The number of nitrogens with one attached hydrogen (secondary N) is 3. The van der Waals surface area contributed by atoms with Crippen LogP contribution in [0.4, 0.5) is 10.7 Å². The van der Waals surface area contributed by atoms with Gasteiger partial charge in [-0.05, 0) is 24.0 Å². The number of anilines is 1. The first-order valence-corrected chi connectivity index (χ1v) is 9.77. The van der Waals surface area contributed by atoms with Crippen molar-refractivity contribution in [2.24, 2.45) is 5.92 Å². The first-order valence-electron chi connectivity index (χ1n) is 9.40. The molecule has 0 radical (unpaired) electrons. The van der Waals surface area contributed by atoms with E-state index in [1.54, 1.807) is 24.3 Å². The van der Waals surface area contributed by atoms with E-state index >= 15 is 0 Å². The number of carbonyl (C=O) groups excluding carboxylic acids is 3. The molecule has 0 saturated carbocycles. The Kier molecular flexibility index (Phi) is 6.48. The van der Waals surface area contributed by atoms with Gasteiger partial charge >= 0.3 is 6.03 Å². The minimum absolute atomic E-state index is 0.0463. The molecule has 29 heavy (non-hydrogen) atoms. The molecule has 1 fully saturated rings. The molecule has 154 valence electrons. The summed E-state index contributed by atoms with van der Waals surface area (Å²) >= 11 is 6.11. The van der Waals surface area contributed by atoms with Gasteiger partial charge in [0.05, 0.1) is 6.54 Å². The highest BCUT2D eigenvalue weighted by Crippen LogP contribution is 2.20. The number of aromatic amines is 1. The highest BCUT2D eigenvalue weighted by Gasteiger charge is 2.38. The third-order valence-corrected chi connectivity index (χ3v) is 4.81. The van der Waals surface area contributed by atoms with Crippen LogP contribution in [-0.4, -0.2) is 44.0 Å². The smallest absolute Gasteiger partial charge is 0.325 e. The molecule has 1 aromatic carbocycles. The van der Waals surface area contributed by atoms with E-state index in [9.17, 15) is 14.4 Å². The van der Waals surface area contributed by atoms with E-state index in [-0.39, 0.29) is 37.1 Å². The molecular weight excluding hydrogens is 396 g/mol. The lowest BCUT2D eigenvalue weighted by atomic mass is 10.1. The first kappa shape index (κ1) is 20.8. The van der Waals surface area contributed by atoms with E-state index in [0.29, 0.717) is 22.3 Å². The molecule has 2 heterocycles. The van der Waals surface area contributed by atoms with Crippen LogP contribution in [-0.2, 0) is 22.6 Å². The molecule has 0 unspecified atom stereocenters. The number of benzene rings is 1. The summed E-state index contributed by atoms with van der Waals surface area (Å²) in [7, 11) is 0. The highest BCUT2D eigenvalue weighted by molar-refractivity contribution is 6.31. The average Bonchev–Trinajstić information content (AvgIpc) is 3.19. The Morgan fingerprint density at radius 1 is 1.31 bits per heavy atom. The molecule has 3 rings (SSSR count). The Labute approximate surface area is 173 Å². The molecule has 3 N–H and O–H groups in total. The Morgan fingerprint density at radius 3 is 2.79 bits per heavy atom. The fraction of sp³-hybridized carbons (Fsp3) is 0.421. The van der Waals surface area contributed by atoms with Crippen LogP contribution < -0.4 is 10.6 Å². The molecular formula is C19H23ClN6O3. The lowest BCUT2D eigenvalue weighted by molar-refractivity contribution is -0.128. The van der Waals surface area contributed by atoms with Gasteiger partial charge in [-0.3, -0.25) is 24.9 Å². The quantitative estimate of drug-likeness (QED) is 0.569. The van der Waals surface area contributed by atoms with Crippen molar-refractivity contribution >= 4 is 35.4 Å². The van der Waals surface area contributed by atoms with Crippen molar-refractivity contribution in [2.45, 2.75) is 45.7 Å². The third kappa shape index (κ3) is 5.32. The summed E-state index contributed by atoms with van der Waals surface area (Å²) in [4.78, 5) is 42.2. The van der Waals surface area contributed by atoms with Crippen molar-refractivity contribution in [3.63, 3.8) is 0 Å². The molecule has 0 aliphatic carbocycles. The minimum atomic E-state index is -0.751. The van der Waals surface area contributed by atoms with Gasteiger partial charge in [-0.25, -0.2) is 4.79 Å². The minimum Gasteiger partial charge on any atom is -0.326 e. The normalized spacial score (nSPS) is 16.4. The van der Waals surface area contributed by atoms with Crippen LogP contribution in [0.25, 0.3) is 0 Å².